The van der Waals surface area contributed by atoms with E-state index in [1.807, 2.05) is 54.3 Å². The Morgan fingerprint density at radius 2 is 1.81 bits per heavy atom. The fraction of sp³-hybridized carbons (Fsp3) is 0.333. The summed E-state index contributed by atoms with van der Waals surface area (Å²) in [5.41, 5.74) is 2.87. The van der Waals surface area contributed by atoms with Crippen LogP contribution in [0.3, 0.4) is 0 Å². The van der Waals surface area contributed by atoms with E-state index in [1.54, 1.807) is 0 Å². The fourth-order valence-corrected chi connectivity index (χ4v) is 3.35. The highest BCUT2D eigenvalue weighted by Crippen LogP contribution is 2.22. The highest BCUT2D eigenvalue weighted by molar-refractivity contribution is 9.10. The van der Waals surface area contributed by atoms with Crippen LogP contribution in [0.25, 0.3) is 0 Å². The van der Waals surface area contributed by atoms with Crippen LogP contribution in [0.15, 0.2) is 46.9 Å². The van der Waals surface area contributed by atoms with Crippen LogP contribution in [0.1, 0.15) is 22.3 Å². The van der Waals surface area contributed by atoms with Crippen LogP contribution >= 0.6 is 15.9 Å². The van der Waals surface area contributed by atoms with Crippen LogP contribution < -0.4 is 9.64 Å². The van der Waals surface area contributed by atoms with Gasteiger partial charge in [0.25, 0.3) is 0 Å². The molecule has 1 amide bonds. The zero-order valence-electron chi connectivity index (χ0n) is 15.4. The normalized spacial score (nSPS) is 14.1. The average molecular weight is 431 g/mol. The largest absolute Gasteiger partial charge is 0.493 e. The van der Waals surface area contributed by atoms with Crippen molar-refractivity contribution in [2.75, 3.05) is 37.7 Å². The second-order valence-corrected chi connectivity index (χ2v) is 7.44. The molecule has 0 aromatic heterocycles. The number of aldehydes is 1. The Bertz CT molecular complexity index is 800. The lowest BCUT2D eigenvalue weighted by atomic mass is 10.2. The number of piperazine rings is 1. The van der Waals surface area contributed by atoms with Crippen LogP contribution in [0, 0.1) is 6.92 Å². The number of amides is 1. The molecular weight excluding hydrogens is 408 g/mol. The molecule has 1 aliphatic heterocycles. The molecule has 0 unspecified atom stereocenters. The molecule has 2 aromatic rings. The average Bonchev–Trinajstić information content (AvgIpc) is 2.71. The van der Waals surface area contributed by atoms with Gasteiger partial charge in [0.1, 0.15) is 12.0 Å². The Labute approximate surface area is 168 Å². The van der Waals surface area contributed by atoms with Gasteiger partial charge in [-0.3, -0.25) is 9.59 Å². The summed E-state index contributed by atoms with van der Waals surface area (Å²) in [6.45, 7) is 5.37. The standard InChI is InChI=1S/C21H23BrN2O3/c1-16-14-19(6-7-20(16)22)27-13-8-21(26)24-11-9-23(10-12-24)18-4-2-17(15-25)3-5-18/h2-7,14-15H,8-13H2,1H3. The van der Waals surface area contributed by atoms with Gasteiger partial charge in [0.15, 0.2) is 0 Å². The van der Waals surface area contributed by atoms with Crippen LogP contribution in [0.5, 0.6) is 5.75 Å². The van der Waals surface area contributed by atoms with Crippen molar-refractivity contribution in [2.45, 2.75) is 13.3 Å². The molecule has 0 N–H and O–H groups in total. The number of rotatable bonds is 6. The summed E-state index contributed by atoms with van der Waals surface area (Å²) in [5, 5.41) is 0. The van der Waals surface area contributed by atoms with E-state index in [1.165, 1.54) is 0 Å². The van der Waals surface area contributed by atoms with Crippen LogP contribution in [0.4, 0.5) is 5.69 Å². The number of nitrogens with zero attached hydrogens (tertiary/aromatic N) is 2. The molecule has 1 saturated heterocycles. The maximum atomic E-state index is 12.4. The van der Waals surface area contributed by atoms with Gasteiger partial charge in [0, 0.05) is 41.9 Å². The summed E-state index contributed by atoms with van der Waals surface area (Å²) >= 11 is 3.47. The van der Waals surface area contributed by atoms with E-state index >= 15 is 0 Å². The Kier molecular flexibility index (Phi) is 6.50. The zero-order valence-corrected chi connectivity index (χ0v) is 16.9. The lowest BCUT2D eigenvalue weighted by Gasteiger charge is -2.36. The third kappa shape index (κ3) is 5.10. The topological polar surface area (TPSA) is 49.9 Å². The van der Waals surface area contributed by atoms with Crippen molar-refractivity contribution < 1.29 is 14.3 Å². The first-order valence-electron chi connectivity index (χ1n) is 9.04. The number of benzene rings is 2. The van der Waals surface area contributed by atoms with Gasteiger partial charge in [0.2, 0.25) is 5.91 Å². The zero-order chi connectivity index (χ0) is 19.2. The second kappa shape index (κ2) is 9.04. The van der Waals surface area contributed by atoms with Crippen LogP contribution in [0.2, 0.25) is 0 Å². The molecule has 1 aliphatic rings. The maximum Gasteiger partial charge on any atom is 0.226 e. The third-order valence-electron chi connectivity index (χ3n) is 4.74. The van der Waals surface area contributed by atoms with E-state index in [9.17, 15) is 9.59 Å². The third-order valence-corrected chi connectivity index (χ3v) is 5.63. The molecule has 3 rings (SSSR count). The molecule has 6 heteroatoms. The van der Waals surface area contributed by atoms with Gasteiger partial charge < -0.3 is 14.5 Å². The quantitative estimate of drug-likeness (QED) is 0.655. The monoisotopic (exact) mass is 430 g/mol. The predicted octanol–water partition coefficient (Wildman–Crippen LogP) is 3.69. The van der Waals surface area contributed by atoms with E-state index in [-0.39, 0.29) is 5.91 Å². The van der Waals surface area contributed by atoms with E-state index in [0.717, 1.165) is 40.8 Å². The molecule has 2 aromatic carbocycles. The van der Waals surface area contributed by atoms with Gasteiger partial charge in [-0.1, -0.05) is 15.9 Å². The minimum absolute atomic E-state index is 0.125. The summed E-state index contributed by atoms with van der Waals surface area (Å²) in [5.74, 6) is 0.909. The van der Waals surface area contributed by atoms with E-state index in [0.29, 0.717) is 31.7 Å². The molecule has 0 atom stereocenters. The molecular formula is C21H23BrN2O3. The van der Waals surface area contributed by atoms with Gasteiger partial charge in [-0.25, -0.2) is 0 Å². The molecule has 0 aliphatic carbocycles. The van der Waals surface area contributed by atoms with E-state index in [2.05, 4.69) is 20.8 Å². The van der Waals surface area contributed by atoms with Gasteiger partial charge in [-0.05, 0) is 55.0 Å². The highest BCUT2D eigenvalue weighted by Gasteiger charge is 2.21. The molecule has 142 valence electrons. The second-order valence-electron chi connectivity index (χ2n) is 6.59. The number of carbonyl (C=O) groups excluding carboxylic acids is 2. The van der Waals surface area contributed by atoms with Crippen molar-refractivity contribution in [3.63, 3.8) is 0 Å². The number of hydrogen-bond acceptors (Lipinski definition) is 4. The number of anilines is 1. The summed E-state index contributed by atoms with van der Waals surface area (Å²) < 4.78 is 6.75. The molecule has 0 saturated carbocycles. The molecule has 0 bridgehead atoms. The first-order chi connectivity index (χ1) is 13.1. The van der Waals surface area contributed by atoms with Crippen molar-refractivity contribution in [2.24, 2.45) is 0 Å². The Hall–Kier alpha value is -2.34. The lowest BCUT2D eigenvalue weighted by molar-refractivity contribution is -0.132. The predicted molar refractivity (Wildman–Crippen MR) is 110 cm³/mol. The first-order valence-corrected chi connectivity index (χ1v) is 9.83. The Morgan fingerprint density at radius 3 is 2.44 bits per heavy atom. The van der Waals surface area contributed by atoms with Crippen molar-refractivity contribution in [1.82, 2.24) is 4.90 Å². The minimum Gasteiger partial charge on any atom is -0.493 e. The fourth-order valence-electron chi connectivity index (χ4n) is 3.10. The number of aryl methyl sites for hydroxylation is 1. The van der Waals surface area contributed by atoms with E-state index < -0.39 is 0 Å². The molecule has 5 nitrogen and oxygen atoms in total. The minimum atomic E-state index is 0.125. The van der Waals surface area contributed by atoms with E-state index in [4.69, 9.17) is 4.74 Å². The Morgan fingerprint density at radius 1 is 1.11 bits per heavy atom. The summed E-state index contributed by atoms with van der Waals surface area (Å²) in [6.07, 6.45) is 1.22. The van der Waals surface area contributed by atoms with Crippen molar-refractivity contribution >= 4 is 33.8 Å². The maximum absolute atomic E-state index is 12.4. The highest BCUT2D eigenvalue weighted by atomic mass is 79.9. The van der Waals surface area contributed by atoms with Gasteiger partial charge in [-0.2, -0.15) is 0 Å². The number of halogens is 1. The number of carbonyl (C=O) groups is 2. The lowest BCUT2D eigenvalue weighted by Crippen LogP contribution is -2.49. The first kappa shape index (κ1) is 19.4. The molecule has 1 heterocycles. The SMILES string of the molecule is Cc1cc(OCCC(=O)N2CCN(c3ccc(C=O)cc3)CC2)ccc1Br. The molecule has 27 heavy (non-hydrogen) atoms. The number of ether oxygens (including phenoxy) is 1. The van der Waals surface area contributed by atoms with Crippen molar-refractivity contribution in [3.05, 3.63) is 58.1 Å². The van der Waals surface area contributed by atoms with Gasteiger partial charge >= 0.3 is 0 Å². The molecule has 0 radical (unpaired) electrons. The molecule has 0 spiro atoms. The van der Waals surface area contributed by atoms with Crippen LogP contribution in [-0.2, 0) is 4.79 Å². The summed E-state index contributed by atoms with van der Waals surface area (Å²) in [4.78, 5) is 27.3. The van der Waals surface area contributed by atoms with Crippen molar-refractivity contribution in [1.29, 1.82) is 0 Å². The smallest absolute Gasteiger partial charge is 0.226 e. The van der Waals surface area contributed by atoms with Crippen molar-refractivity contribution in [3.8, 4) is 5.75 Å². The Balaban J connectivity index is 1.43. The number of hydrogen-bond donors (Lipinski definition) is 0. The van der Waals surface area contributed by atoms with Gasteiger partial charge in [-0.15, -0.1) is 0 Å². The van der Waals surface area contributed by atoms with Crippen LogP contribution in [-0.4, -0.2) is 49.9 Å². The molecule has 1 fully saturated rings. The van der Waals surface area contributed by atoms with Gasteiger partial charge in [0.05, 0.1) is 13.0 Å². The summed E-state index contributed by atoms with van der Waals surface area (Å²) in [6, 6.07) is 13.4. The summed E-state index contributed by atoms with van der Waals surface area (Å²) in [7, 11) is 0.